The van der Waals surface area contributed by atoms with Crippen molar-refractivity contribution in [2.75, 3.05) is 17.2 Å². The van der Waals surface area contributed by atoms with Crippen LogP contribution in [0.4, 0.5) is 11.4 Å². The van der Waals surface area contributed by atoms with Gasteiger partial charge >= 0.3 is 0 Å². The predicted octanol–water partition coefficient (Wildman–Crippen LogP) is 3.82. The Bertz CT molecular complexity index is 740. The molecule has 2 aromatic carbocycles. The lowest BCUT2D eigenvalue weighted by atomic mass is 10.1. The third-order valence-corrected chi connectivity index (χ3v) is 4.25. The Morgan fingerprint density at radius 3 is 2.54 bits per heavy atom. The first-order valence-electron chi connectivity index (χ1n) is 7.71. The summed E-state index contributed by atoms with van der Waals surface area (Å²) < 4.78 is 6.30. The highest BCUT2D eigenvalue weighted by atomic mass is 79.9. The number of carbonyl (C=O) groups excluding carboxylic acids is 2. The molecule has 1 unspecified atom stereocenters. The van der Waals surface area contributed by atoms with Crippen LogP contribution >= 0.6 is 15.9 Å². The number of benzene rings is 2. The topological polar surface area (TPSA) is 67.4 Å². The molecule has 2 N–H and O–H groups in total. The van der Waals surface area contributed by atoms with Gasteiger partial charge < -0.3 is 15.4 Å². The molecule has 0 radical (unpaired) electrons. The number of hydrogen-bond acceptors (Lipinski definition) is 3. The highest BCUT2D eigenvalue weighted by molar-refractivity contribution is 9.10. The molecule has 0 aliphatic carbocycles. The fourth-order valence-corrected chi connectivity index (χ4v) is 2.75. The van der Waals surface area contributed by atoms with Crippen molar-refractivity contribution in [2.24, 2.45) is 0 Å². The molecule has 124 valence electrons. The highest BCUT2D eigenvalue weighted by Crippen LogP contribution is 2.18. The Kier molecular flexibility index (Phi) is 5.27. The van der Waals surface area contributed by atoms with E-state index in [1.54, 1.807) is 24.3 Å². The first-order chi connectivity index (χ1) is 11.6. The van der Waals surface area contributed by atoms with Gasteiger partial charge in [0.2, 0.25) is 0 Å². The van der Waals surface area contributed by atoms with Crippen LogP contribution in [-0.2, 0) is 9.53 Å². The minimum Gasteiger partial charge on any atom is -0.368 e. The number of hydrogen-bond donors (Lipinski definition) is 2. The van der Waals surface area contributed by atoms with Crippen molar-refractivity contribution in [1.82, 2.24) is 0 Å². The average Bonchev–Trinajstić information content (AvgIpc) is 3.12. The number of nitrogens with one attached hydrogen (secondary N) is 2. The molecular formula is C18H17BrN2O3. The lowest BCUT2D eigenvalue weighted by Gasteiger charge is -2.11. The van der Waals surface area contributed by atoms with Gasteiger partial charge in [-0.3, -0.25) is 9.59 Å². The van der Waals surface area contributed by atoms with Gasteiger partial charge in [-0.15, -0.1) is 0 Å². The minimum atomic E-state index is -0.398. The lowest BCUT2D eigenvalue weighted by Crippen LogP contribution is -2.27. The molecule has 0 aromatic heterocycles. The van der Waals surface area contributed by atoms with Crippen LogP contribution in [0.3, 0.4) is 0 Å². The maximum atomic E-state index is 12.3. The van der Waals surface area contributed by atoms with Crippen LogP contribution in [0.5, 0.6) is 0 Å². The van der Waals surface area contributed by atoms with Crippen LogP contribution in [0.2, 0.25) is 0 Å². The number of rotatable bonds is 4. The van der Waals surface area contributed by atoms with Gasteiger partial charge in [0, 0.05) is 28.0 Å². The van der Waals surface area contributed by atoms with Gasteiger partial charge in [0.15, 0.2) is 0 Å². The fourth-order valence-electron chi connectivity index (χ4n) is 2.48. The maximum Gasteiger partial charge on any atom is 0.255 e. The minimum absolute atomic E-state index is 0.169. The van der Waals surface area contributed by atoms with Crippen LogP contribution in [0.25, 0.3) is 0 Å². The number of carbonyl (C=O) groups is 2. The van der Waals surface area contributed by atoms with Crippen molar-refractivity contribution in [3.8, 4) is 0 Å². The Hall–Kier alpha value is -2.18. The summed E-state index contributed by atoms with van der Waals surface area (Å²) in [5.74, 6) is -0.400. The lowest BCUT2D eigenvalue weighted by molar-refractivity contribution is -0.124. The smallest absolute Gasteiger partial charge is 0.255 e. The second-order valence-electron chi connectivity index (χ2n) is 5.53. The fraction of sp³-hybridized carbons (Fsp3) is 0.222. The van der Waals surface area contributed by atoms with E-state index in [4.69, 9.17) is 4.74 Å². The van der Waals surface area contributed by atoms with E-state index in [1.807, 2.05) is 24.3 Å². The van der Waals surface area contributed by atoms with Gasteiger partial charge in [-0.1, -0.05) is 22.0 Å². The molecule has 1 aliphatic rings. The number of ether oxygens (including phenoxy) is 1. The first-order valence-corrected chi connectivity index (χ1v) is 8.50. The third-order valence-electron chi connectivity index (χ3n) is 3.72. The van der Waals surface area contributed by atoms with Crippen molar-refractivity contribution < 1.29 is 14.3 Å². The second kappa shape index (κ2) is 7.59. The van der Waals surface area contributed by atoms with Gasteiger partial charge in [-0.05, 0) is 55.3 Å². The summed E-state index contributed by atoms with van der Waals surface area (Å²) >= 11 is 3.35. The molecule has 0 bridgehead atoms. The summed E-state index contributed by atoms with van der Waals surface area (Å²) in [5, 5.41) is 5.62. The highest BCUT2D eigenvalue weighted by Gasteiger charge is 2.23. The van der Waals surface area contributed by atoms with E-state index in [2.05, 4.69) is 26.6 Å². The first kappa shape index (κ1) is 16.7. The van der Waals surface area contributed by atoms with E-state index in [-0.39, 0.29) is 11.8 Å². The van der Waals surface area contributed by atoms with E-state index in [1.165, 1.54) is 0 Å². The van der Waals surface area contributed by atoms with E-state index < -0.39 is 6.10 Å². The van der Waals surface area contributed by atoms with Gasteiger partial charge in [0.25, 0.3) is 11.8 Å². The number of amides is 2. The molecule has 0 saturated carbocycles. The standard InChI is InChI=1S/C18H17BrN2O3/c19-13-6-8-14(9-7-13)20-17(22)12-3-1-4-15(11-12)21-18(23)16-5-2-10-24-16/h1,3-4,6-9,11,16H,2,5,10H2,(H,20,22)(H,21,23). The van der Waals surface area contributed by atoms with E-state index in [0.717, 1.165) is 17.3 Å². The van der Waals surface area contributed by atoms with Gasteiger partial charge in [0.05, 0.1) is 0 Å². The Labute approximate surface area is 148 Å². The summed E-state index contributed by atoms with van der Waals surface area (Å²) in [6.45, 7) is 0.619. The Morgan fingerprint density at radius 1 is 1.04 bits per heavy atom. The summed E-state index contributed by atoms with van der Waals surface area (Å²) in [4.78, 5) is 24.4. The molecule has 1 heterocycles. The number of halogens is 1. The quantitative estimate of drug-likeness (QED) is 0.836. The van der Waals surface area contributed by atoms with Crippen LogP contribution in [0.1, 0.15) is 23.2 Å². The van der Waals surface area contributed by atoms with Crippen LogP contribution in [0, 0.1) is 0 Å². The zero-order valence-electron chi connectivity index (χ0n) is 12.9. The van der Waals surface area contributed by atoms with Gasteiger partial charge in [0.1, 0.15) is 6.10 Å². The van der Waals surface area contributed by atoms with Gasteiger partial charge in [-0.25, -0.2) is 0 Å². The normalized spacial score (nSPS) is 16.6. The van der Waals surface area contributed by atoms with Crippen molar-refractivity contribution in [3.05, 3.63) is 58.6 Å². The van der Waals surface area contributed by atoms with Crippen molar-refractivity contribution in [2.45, 2.75) is 18.9 Å². The zero-order valence-corrected chi connectivity index (χ0v) is 14.5. The molecular weight excluding hydrogens is 372 g/mol. The molecule has 5 nitrogen and oxygen atoms in total. The monoisotopic (exact) mass is 388 g/mol. The Morgan fingerprint density at radius 2 is 1.83 bits per heavy atom. The summed E-state index contributed by atoms with van der Waals surface area (Å²) in [5.41, 5.74) is 1.76. The van der Waals surface area contributed by atoms with Crippen molar-refractivity contribution in [3.63, 3.8) is 0 Å². The predicted molar refractivity (Wildman–Crippen MR) is 96.1 cm³/mol. The summed E-state index contributed by atoms with van der Waals surface area (Å²) in [7, 11) is 0. The summed E-state index contributed by atoms with van der Waals surface area (Å²) in [6.07, 6.45) is 1.23. The third kappa shape index (κ3) is 4.21. The van der Waals surface area contributed by atoms with E-state index in [0.29, 0.717) is 23.5 Å². The molecule has 0 spiro atoms. The van der Waals surface area contributed by atoms with E-state index in [9.17, 15) is 9.59 Å². The van der Waals surface area contributed by atoms with Crippen LogP contribution < -0.4 is 10.6 Å². The SMILES string of the molecule is O=C(Nc1ccc(Br)cc1)c1cccc(NC(=O)C2CCCO2)c1. The molecule has 2 amide bonds. The summed E-state index contributed by atoms with van der Waals surface area (Å²) in [6, 6.07) is 14.2. The molecule has 1 aliphatic heterocycles. The number of anilines is 2. The van der Waals surface area contributed by atoms with Gasteiger partial charge in [-0.2, -0.15) is 0 Å². The van der Waals surface area contributed by atoms with Crippen LogP contribution in [0.15, 0.2) is 53.0 Å². The van der Waals surface area contributed by atoms with Crippen molar-refractivity contribution in [1.29, 1.82) is 0 Å². The molecule has 1 saturated heterocycles. The molecule has 24 heavy (non-hydrogen) atoms. The Balaban J connectivity index is 1.66. The largest absolute Gasteiger partial charge is 0.368 e. The average molecular weight is 389 g/mol. The van der Waals surface area contributed by atoms with E-state index >= 15 is 0 Å². The molecule has 1 fully saturated rings. The van der Waals surface area contributed by atoms with Crippen molar-refractivity contribution >= 4 is 39.1 Å². The molecule has 6 heteroatoms. The molecule has 1 atom stereocenters. The second-order valence-corrected chi connectivity index (χ2v) is 6.45. The van der Waals surface area contributed by atoms with Crippen LogP contribution in [-0.4, -0.2) is 24.5 Å². The molecule has 2 aromatic rings. The zero-order chi connectivity index (χ0) is 16.9. The maximum absolute atomic E-state index is 12.3. The molecule has 3 rings (SSSR count).